The zero-order chi connectivity index (χ0) is 14.2. The summed E-state index contributed by atoms with van der Waals surface area (Å²) < 4.78 is 5.53. The molecule has 0 spiro atoms. The number of nitrogens with two attached hydrogens (primary N) is 1. The molecule has 0 aliphatic heterocycles. The summed E-state index contributed by atoms with van der Waals surface area (Å²) in [6.45, 7) is 0. The average Bonchev–Trinajstić information content (AvgIpc) is 3.16. The van der Waals surface area contributed by atoms with E-state index in [4.69, 9.17) is 10.3 Å². The van der Waals surface area contributed by atoms with E-state index in [1.165, 1.54) is 16.9 Å². The van der Waals surface area contributed by atoms with E-state index < -0.39 is 0 Å². The lowest BCUT2D eigenvalue weighted by Gasteiger charge is -2.18. The van der Waals surface area contributed by atoms with E-state index in [1.54, 1.807) is 0 Å². The van der Waals surface area contributed by atoms with Crippen molar-refractivity contribution in [2.75, 3.05) is 5.73 Å². The zero-order valence-electron chi connectivity index (χ0n) is 11.5. The number of nitrogens with zero attached hydrogens (tertiary/aromatic N) is 2. The largest absolute Gasteiger partial charge is 0.398 e. The van der Waals surface area contributed by atoms with Gasteiger partial charge in [-0.2, -0.15) is 4.98 Å². The number of para-hydroxylation sites is 1. The minimum atomic E-state index is 0.228. The van der Waals surface area contributed by atoms with Gasteiger partial charge in [-0.05, 0) is 48.4 Å². The Morgan fingerprint density at radius 2 is 2.14 bits per heavy atom. The van der Waals surface area contributed by atoms with Crippen LogP contribution in [0.5, 0.6) is 0 Å². The van der Waals surface area contributed by atoms with Crippen molar-refractivity contribution in [2.45, 2.75) is 25.2 Å². The average molecular weight is 297 g/mol. The van der Waals surface area contributed by atoms with Crippen LogP contribution in [0.3, 0.4) is 0 Å². The van der Waals surface area contributed by atoms with E-state index >= 15 is 0 Å². The lowest BCUT2D eigenvalue weighted by molar-refractivity contribution is 0.355. The van der Waals surface area contributed by atoms with Crippen molar-refractivity contribution in [3.05, 3.63) is 52.0 Å². The van der Waals surface area contributed by atoms with Gasteiger partial charge in [0.05, 0.1) is 5.92 Å². The quantitative estimate of drug-likeness (QED) is 0.730. The summed E-state index contributed by atoms with van der Waals surface area (Å²) in [5.74, 6) is 1.50. The molecule has 0 fully saturated rings. The molecule has 106 valence electrons. The van der Waals surface area contributed by atoms with Crippen LogP contribution < -0.4 is 5.73 Å². The Morgan fingerprint density at radius 3 is 3.05 bits per heavy atom. The number of rotatable bonds is 2. The van der Waals surface area contributed by atoms with Crippen LogP contribution in [0.15, 0.2) is 40.2 Å². The van der Waals surface area contributed by atoms with Gasteiger partial charge in [-0.3, -0.25) is 0 Å². The van der Waals surface area contributed by atoms with Gasteiger partial charge in [0.15, 0.2) is 0 Å². The van der Waals surface area contributed by atoms with Gasteiger partial charge in [0, 0.05) is 16.1 Å². The molecule has 1 unspecified atom stereocenters. The van der Waals surface area contributed by atoms with E-state index in [-0.39, 0.29) is 5.92 Å². The maximum Gasteiger partial charge on any atom is 0.234 e. The van der Waals surface area contributed by atoms with Crippen LogP contribution in [0.25, 0.3) is 11.4 Å². The van der Waals surface area contributed by atoms with Crippen molar-refractivity contribution in [3.63, 3.8) is 0 Å². The van der Waals surface area contributed by atoms with Crippen molar-refractivity contribution in [3.8, 4) is 11.4 Å². The zero-order valence-corrected chi connectivity index (χ0v) is 12.3. The summed E-state index contributed by atoms with van der Waals surface area (Å²) in [7, 11) is 0. The fraction of sp³-hybridized carbons (Fsp3) is 0.250. The molecule has 21 heavy (non-hydrogen) atoms. The first-order valence-electron chi connectivity index (χ1n) is 7.07. The second-order valence-corrected chi connectivity index (χ2v) is 6.29. The molecule has 0 saturated carbocycles. The molecular weight excluding hydrogens is 282 g/mol. The molecule has 2 N–H and O–H groups in total. The van der Waals surface area contributed by atoms with Crippen molar-refractivity contribution < 1.29 is 4.52 Å². The van der Waals surface area contributed by atoms with Crippen molar-refractivity contribution in [1.82, 2.24) is 10.1 Å². The summed E-state index contributed by atoms with van der Waals surface area (Å²) >= 11 is 1.82. The van der Waals surface area contributed by atoms with Crippen LogP contribution in [-0.2, 0) is 6.42 Å². The minimum absolute atomic E-state index is 0.228. The van der Waals surface area contributed by atoms with Gasteiger partial charge in [0.1, 0.15) is 0 Å². The Balaban J connectivity index is 1.72. The van der Waals surface area contributed by atoms with Gasteiger partial charge in [0.25, 0.3) is 0 Å². The highest BCUT2D eigenvalue weighted by Crippen LogP contribution is 2.39. The van der Waals surface area contributed by atoms with Crippen LogP contribution in [0.4, 0.5) is 5.69 Å². The molecule has 2 aromatic heterocycles. The Morgan fingerprint density at radius 1 is 1.24 bits per heavy atom. The highest BCUT2D eigenvalue weighted by Gasteiger charge is 2.27. The molecule has 0 amide bonds. The number of thiophene rings is 1. The van der Waals surface area contributed by atoms with Crippen LogP contribution in [0.1, 0.15) is 35.1 Å². The van der Waals surface area contributed by atoms with Gasteiger partial charge in [-0.25, -0.2) is 0 Å². The van der Waals surface area contributed by atoms with E-state index in [2.05, 4.69) is 21.6 Å². The Labute approximate surface area is 126 Å². The fourth-order valence-electron chi connectivity index (χ4n) is 2.93. The molecule has 3 aromatic rings. The molecular formula is C16H15N3OS. The number of anilines is 1. The molecule has 0 bridgehead atoms. The Hall–Kier alpha value is -2.14. The molecule has 5 heteroatoms. The maximum absolute atomic E-state index is 5.98. The van der Waals surface area contributed by atoms with Gasteiger partial charge in [-0.15, -0.1) is 11.3 Å². The molecule has 4 rings (SSSR count). The van der Waals surface area contributed by atoms with Crippen LogP contribution in [0.2, 0.25) is 0 Å². The molecule has 0 saturated heterocycles. The highest BCUT2D eigenvalue weighted by atomic mass is 32.1. The van der Waals surface area contributed by atoms with Crippen LogP contribution in [-0.4, -0.2) is 10.1 Å². The van der Waals surface area contributed by atoms with E-state index in [1.807, 2.05) is 35.6 Å². The predicted molar refractivity (Wildman–Crippen MR) is 83.2 cm³/mol. The smallest absolute Gasteiger partial charge is 0.234 e. The van der Waals surface area contributed by atoms with Gasteiger partial charge in [0.2, 0.25) is 11.7 Å². The third-order valence-corrected chi connectivity index (χ3v) is 4.99. The SMILES string of the molecule is Nc1ccccc1-c1noc(C2CCCc3sccc32)n1. The summed E-state index contributed by atoms with van der Waals surface area (Å²) in [4.78, 5) is 6.04. The number of hydrogen-bond donors (Lipinski definition) is 1. The molecule has 1 atom stereocenters. The summed E-state index contributed by atoms with van der Waals surface area (Å²) in [6.07, 6.45) is 3.40. The first-order chi connectivity index (χ1) is 10.3. The van der Waals surface area contributed by atoms with Crippen molar-refractivity contribution >= 4 is 17.0 Å². The van der Waals surface area contributed by atoms with Crippen LogP contribution >= 0.6 is 11.3 Å². The Kier molecular flexibility index (Phi) is 3.00. The lowest BCUT2D eigenvalue weighted by atomic mass is 9.88. The lowest BCUT2D eigenvalue weighted by Crippen LogP contribution is -2.08. The number of aryl methyl sites for hydroxylation is 1. The molecule has 1 aliphatic carbocycles. The molecule has 4 nitrogen and oxygen atoms in total. The Bertz CT molecular complexity index is 777. The first kappa shape index (κ1) is 12.6. The van der Waals surface area contributed by atoms with E-state index in [0.717, 1.165) is 18.4 Å². The van der Waals surface area contributed by atoms with E-state index in [9.17, 15) is 0 Å². The second-order valence-electron chi connectivity index (χ2n) is 5.29. The fourth-order valence-corrected chi connectivity index (χ4v) is 3.92. The molecule has 1 aliphatic rings. The van der Waals surface area contributed by atoms with Crippen LogP contribution in [0, 0.1) is 0 Å². The highest BCUT2D eigenvalue weighted by molar-refractivity contribution is 7.10. The molecule has 2 heterocycles. The first-order valence-corrected chi connectivity index (χ1v) is 7.95. The van der Waals surface area contributed by atoms with Gasteiger partial charge in [-0.1, -0.05) is 17.3 Å². The third kappa shape index (κ3) is 2.14. The second kappa shape index (κ2) is 5.00. The normalized spacial score (nSPS) is 17.6. The summed E-state index contributed by atoms with van der Waals surface area (Å²) in [5, 5.41) is 6.27. The number of aromatic nitrogens is 2. The molecule has 1 aromatic carbocycles. The number of nitrogen functional groups attached to an aromatic ring is 1. The summed E-state index contributed by atoms with van der Waals surface area (Å²) in [6, 6.07) is 9.78. The molecule has 0 radical (unpaired) electrons. The topological polar surface area (TPSA) is 64.9 Å². The van der Waals surface area contributed by atoms with Crippen molar-refractivity contribution in [2.24, 2.45) is 0 Å². The number of fused-ring (bicyclic) bond motifs is 1. The van der Waals surface area contributed by atoms with Gasteiger partial charge < -0.3 is 10.3 Å². The van der Waals surface area contributed by atoms with Crippen molar-refractivity contribution in [1.29, 1.82) is 0 Å². The third-order valence-electron chi connectivity index (χ3n) is 3.99. The maximum atomic E-state index is 5.98. The van der Waals surface area contributed by atoms with Gasteiger partial charge >= 0.3 is 0 Å². The standard InChI is InChI=1S/C16H15N3OS/c17-13-6-2-1-4-12(13)15-18-16(20-19-15)11-5-3-7-14-10(11)8-9-21-14/h1-2,4,6,8-9,11H,3,5,7,17H2. The monoisotopic (exact) mass is 297 g/mol. The van der Waals surface area contributed by atoms with E-state index in [0.29, 0.717) is 17.4 Å². The predicted octanol–water partition coefficient (Wildman–Crippen LogP) is 3.85. The minimum Gasteiger partial charge on any atom is -0.398 e. The number of benzene rings is 1. The number of hydrogen-bond acceptors (Lipinski definition) is 5. The summed E-state index contributed by atoms with van der Waals surface area (Å²) in [5.41, 5.74) is 8.83.